The summed E-state index contributed by atoms with van der Waals surface area (Å²) >= 11 is 0. The van der Waals surface area contributed by atoms with Crippen LogP contribution in [0.15, 0.2) is 0 Å². The van der Waals surface area contributed by atoms with Gasteiger partial charge in [0.25, 0.3) is 0 Å². The lowest BCUT2D eigenvalue weighted by Crippen LogP contribution is -2.57. The highest BCUT2D eigenvalue weighted by Crippen LogP contribution is 2.50. The highest BCUT2D eigenvalue weighted by molar-refractivity contribution is 5.07. The minimum atomic E-state index is 0.220. The highest BCUT2D eigenvalue weighted by Gasteiger charge is 2.50. The molecule has 2 saturated carbocycles. The molecule has 94 valence electrons. The predicted molar refractivity (Wildman–Crippen MR) is 66.2 cm³/mol. The molecule has 0 heterocycles. The zero-order valence-corrected chi connectivity index (χ0v) is 10.4. The SMILES string of the molecule is CC(CCCO)NC1(CN)CC2CCC1C2. The average molecular weight is 226 g/mol. The van der Waals surface area contributed by atoms with E-state index in [2.05, 4.69) is 12.2 Å². The summed E-state index contributed by atoms with van der Waals surface area (Å²) in [5, 5.41) is 12.6. The van der Waals surface area contributed by atoms with Crippen molar-refractivity contribution in [2.24, 2.45) is 17.6 Å². The molecule has 0 radical (unpaired) electrons. The number of hydrogen-bond acceptors (Lipinski definition) is 3. The molecule has 0 amide bonds. The first-order valence-corrected chi connectivity index (χ1v) is 6.79. The maximum atomic E-state index is 8.85. The molecule has 0 aromatic rings. The van der Waals surface area contributed by atoms with Gasteiger partial charge < -0.3 is 16.2 Å². The zero-order valence-electron chi connectivity index (χ0n) is 10.4. The normalized spacial score (nSPS) is 39.2. The summed E-state index contributed by atoms with van der Waals surface area (Å²) < 4.78 is 0. The lowest BCUT2D eigenvalue weighted by atomic mass is 9.80. The zero-order chi connectivity index (χ0) is 11.6. The minimum absolute atomic E-state index is 0.220. The summed E-state index contributed by atoms with van der Waals surface area (Å²) in [4.78, 5) is 0. The second-order valence-electron chi connectivity index (χ2n) is 5.85. The van der Waals surface area contributed by atoms with Crippen LogP contribution >= 0.6 is 0 Å². The van der Waals surface area contributed by atoms with Crippen LogP contribution in [0.5, 0.6) is 0 Å². The Labute approximate surface area is 98.8 Å². The number of aliphatic hydroxyl groups excluding tert-OH is 1. The van der Waals surface area contributed by atoms with E-state index in [1.165, 1.54) is 25.7 Å². The summed E-state index contributed by atoms with van der Waals surface area (Å²) in [6.07, 6.45) is 7.38. The second-order valence-corrected chi connectivity index (χ2v) is 5.85. The quantitative estimate of drug-likeness (QED) is 0.639. The van der Waals surface area contributed by atoms with Crippen LogP contribution in [0.25, 0.3) is 0 Å². The number of rotatable bonds is 6. The van der Waals surface area contributed by atoms with E-state index in [4.69, 9.17) is 10.8 Å². The van der Waals surface area contributed by atoms with Crippen LogP contribution in [0.1, 0.15) is 45.4 Å². The highest BCUT2D eigenvalue weighted by atomic mass is 16.2. The first-order chi connectivity index (χ1) is 7.70. The van der Waals surface area contributed by atoms with Crippen molar-refractivity contribution < 1.29 is 5.11 Å². The molecule has 2 fully saturated rings. The van der Waals surface area contributed by atoms with Gasteiger partial charge in [0.15, 0.2) is 0 Å². The Morgan fingerprint density at radius 3 is 2.81 bits per heavy atom. The smallest absolute Gasteiger partial charge is 0.0431 e. The van der Waals surface area contributed by atoms with E-state index in [1.54, 1.807) is 0 Å². The molecule has 0 aromatic heterocycles. The molecule has 3 heteroatoms. The van der Waals surface area contributed by atoms with Gasteiger partial charge in [0, 0.05) is 24.7 Å². The summed E-state index contributed by atoms with van der Waals surface area (Å²) in [5.41, 5.74) is 6.24. The van der Waals surface area contributed by atoms with Gasteiger partial charge in [-0.3, -0.25) is 0 Å². The minimum Gasteiger partial charge on any atom is -0.396 e. The molecule has 2 bridgehead atoms. The van der Waals surface area contributed by atoms with Crippen LogP contribution in [0, 0.1) is 11.8 Å². The number of nitrogens with two attached hydrogens (primary N) is 1. The molecule has 2 rings (SSSR count). The van der Waals surface area contributed by atoms with Crippen LogP contribution in [0.4, 0.5) is 0 Å². The molecule has 4 unspecified atom stereocenters. The molecule has 4 atom stereocenters. The van der Waals surface area contributed by atoms with Crippen LogP contribution in [-0.2, 0) is 0 Å². The van der Waals surface area contributed by atoms with Gasteiger partial charge in [0.2, 0.25) is 0 Å². The van der Waals surface area contributed by atoms with E-state index in [0.717, 1.165) is 31.2 Å². The van der Waals surface area contributed by atoms with Crippen molar-refractivity contribution in [2.45, 2.75) is 57.0 Å². The Morgan fingerprint density at radius 2 is 2.31 bits per heavy atom. The third-order valence-corrected chi connectivity index (χ3v) is 4.67. The van der Waals surface area contributed by atoms with E-state index < -0.39 is 0 Å². The second kappa shape index (κ2) is 5.03. The van der Waals surface area contributed by atoms with Crippen molar-refractivity contribution in [3.8, 4) is 0 Å². The van der Waals surface area contributed by atoms with Crippen molar-refractivity contribution in [1.29, 1.82) is 0 Å². The predicted octanol–water partition coefficient (Wildman–Crippen LogP) is 1.25. The van der Waals surface area contributed by atoms with Gasteiger partial charge >= 0.3 is 0 Å². The van der Waals surface area contributed by atoms with E-state index >= 15 is 0 Å². The number of aliphatic hydroxyl groups is 1. The van der Waals surface area contributed by atoms with E-state index in [9.17, 15) is 0 Å². The molecule has 16 heavy (non-hydrogen) atoms. The summed E-state index contributed by atoms with van der Waals surface area (Å²) in [6, 6.07) is 0.482. The summed E-state index contributed by atoms with van der Waals surface area (Å²) in [5.74, 6) is 1.73. The van der Waals surface area contributed by atoms with Gasteiger partial charge in [-0.2, -0.15) is 0 Å². The van der Waals surface area contributed by atoms with E-state index in [0.29, 0.717) is 12.6 Å². The van der Waals surface area contributed by atoms with Crippen molar-refractivity contribution in [3.63, 3.8) is 0 Å². The fourth-order valence-corrected chi connectivity index (χ4v) is 3.89. The topological polar surface area (TPSA) is 58.3 Å². The molecule has 2 aliphatic rings. The molecular formula is C13H26N2O. The van der Waals surface area contributed by atoms with Crippen molar-refractivity contribution >= 4 is 0 Å². The largest absolute Gasteiger partial charge is 0.396 e. The molecule has 3 nitrogen and oxygen atoms in total. The maximum absolute atomic E-state index is 8.85. The fourth-order valence-electron chi connectivity index (χ4n) is 3.89. The molecular weight excluding hydrogens is 200 g/mol. The van der Waals surface area contributed by atoms with Crippen molar-refractivity contribution in [1.82, 2.24) is 5.32 Å². The van der Waals surface area contributed by atoms with Gasteiger partial charge in [-0.15, -0.1) is 0 Å². The lowest BCUT2D eigenvalue weighted by molar-refractivity contribution is 0.187. The third kappa shape index (κ3) is 2.27. The van der Waals surface area contributed by atoms with Crippen LogP contribution in [0.3, 0.4) is 0 Å². The third-order valence-electron chi connectivity index (χ3n) is 4.67. The monoisotopic (exact) mass is 226 g/mol. The first kappa shape index (κ1) is 12.3. The maximum Gasteiger partial charge on any atom is 0.0431 e. The standard InChI is InChI=1S/C13H26N2O/c1-10(3-2-6-16)15-13(9-14)8-11-4-5-12(13)7-11/h10-12,15-16H,2-9,14H2,1H3. The number of nitrogens with one attached hydrogen (secondary N) is 1. The first-order valence-electron chi connectivity index (χ1n) is 6.79. The Morgan fingerprint density at radius 1 is 1.50 bits per heavy atom. The molecule has 2 aliphatic carbocycles. The van der Waals surface area contributed by atoms with Gasteiger partial charge in [-0.1, -0.05) is 6.42 Å². The molecule has 0 spiro atoms. The average Bonchev–Trinajstić information content (AvgIpc) is 2.86. The van der Waals surface area contributed by atoms with Crippen LogP contribution in [0.2, 0.25) is 0 Å². The van der Waals surface area contributed by atoms with Crippen LogP contribution in [-0.4, -0.2) is 29.8 Å². The number of hydrogen-bond donors (Lipinski definition) is 3. The Hall–Kier alpha value is -0.120. The van der Waals surface area contributed by atoms with Gasteiger partial charge in [0.05, 0.1) is 0 Å². The molecule has 0 aliphatic heterocycles. The van der Waals surface area contributed by atoms with Gasteiger partial charge in [0.1, 0.15) is 0 Å². The molecule has 4 N–H and O–H groups in total. The summed E-state index contributed by atoms with van der Waals surface area (Å²) in [6.45, 7) is 3.30. The van der Waals surface area contributed by atoms with E-state index in [1.807, 2.05) is 0 Å². The van der Waals surface area contributed by atoms with Crippen molar-refractivity contribution in [3.05, 3.63) is 0 Å². The van der Waals surface area contributed by atoms with Gasteiger partial charge in [-0.25, -0.2) is 0 Å². The van der Waals surface area contributed by atoms with Gasteiger partial charge in [-0.05, 0) is 50.9 Å². The summed E-state index contributed by atoms with van der Waals surface area (Å²) in [7, 11) is 0. The Kier molecular flexibility index (Phi) is 3.88. The Balaban J connectivity index is 1.90. The fraction of sp³-hybridized carbons (Fsp3) is 1.00. The molecule has 0 aromatic carbocycles. The Bertz CT molecular complexity index is 234. The lowest BCUT2D eigenvalue weighted by Gasteiger charge is -2.40. The number of fused-ring (bicyclic) bond motifs is 2. The van der Waals surface area contributed by atoms with Crippen molar-refractivity contribution in [2.75, 3.05) is 13.2 Å². The van der Waals surface area contributed by atoms with E-state index in [-0.39, 0.29) is 5.54 Å². The van der Waals surface area contributed by atoms with Crippen LogP contribution < -0.4 is 11.1 Å². The molecule has 0 saturated heterocycles.